The molecule has 0 spiro atoms. The van der Waals surface area contributed by atoms with Gasteiger partial charge in [-0.05, 0) is 24.6 Å². The van der Waals surface area contributed by atoms with E-state index in [4.69, 9.17) is 4.74 Å². The van der Waals surface area contributed by atoms with Crippen LogP contribution in [0.5, 0.6) is 0 Å². The molecule has 1 saturated heterocycles. The smallest absolute Gasteiger partial charge is 0.341 e. The molecule has 1 N–H and O–H groups in total. The van der Waals surface area contributed by atoms with Crippen LogP contribution in [0, 0.1) is 12.7 Å². The summed E-state index contributed by atoms with van der Waals surface area (Å²) in [5.74, 6) is -1.41. The Kier molecular flexibility index (Phi) is 7.47. The van der Waals surface area contributed by atoms with Crippen LogP contribution in [-0.2, 0) is 9.53 Å². The fraction of sp³-hybridized carbons (Fsp3) is 0.409. The highest BCUT2D eigenvalue weighted by Crippen LogP contribution is 2.34. The van der Waals surface area contributed by atoms with Crippen LogP contribution in [0.4, 0.5) is 15.1 Å². The molecule has 0 radical (unpaired) electrons. The number of ether oxygens (including phenoxy) is 1. The molecule has 172 valence electrons. The second-order valence-electron chi connectivity index (χ2n) is 7.71. The Balaban J connectivity index is 1.66. The van der Waals surface area contributed by atoms with Gasteiger partial charge in [-0.2, -0.15) is 0 Å². The van der Waals surface area contributed by atoms with Gasteiger partial charge in [0.2, 0.25) is 5.91 Å². The van der Waals surface area contributed by atoms with Gasteiger partial charge in [0.1, 0.15) is 10.8 Å². The molecule has 3 rings (SSSR count). The Labute approximate surface area is 190 Å². The van der Waals surface area contributed by atoms with Gasteiger partial charge >= 0.3 is 5.97 Å². The minimum absolute atomic E-state index is 0.125. The van der Waals surface area contributed by atoms with Gasteiger partial charge in [-0.1, -0.05) is 12.1 Å². The zero-order valence-electron chi connectivity index (χ0n) is 18.6. The van der Waals surface area contributed by atoms with Crippen LogP contribution in [0.2, 0.25) is 0 Å². The number of rotatable bonds is 6. The SMILES string of the molecule is COC(=O)c1c(NC(=O)CN2CCN(c3ccccc3F)CC2)sc(C(=O)N(C)C)c1C. The number of benzene rings is 1. The highest BCUT2D eigenvalue weighted by Gasteiger charge is 2.28. The van der Waals surface area contributed by atoms with Crippen molar-refractivity contribution < 1.29 is 23.5 Å². The quantitative estimate of drug-likeness (QED) is 0.664. The number of amides is 2. The van der Waals surface area contributed by atoms with Crippen LogP contribution in [0.3, 0.4) is 0 Å². The molecule has 0 bridgehead atoms. The number of carbonyl (C=O) groups excluding carboxylic acids is 3. The molecule has 1 aromatic heterocycles. The lowest BCUT2D eigenvalue weighted by Crippen LogP contribution is -2.48. The number of hydrogen-bond donors (Lipinski definition) is 1. The van der Waals surface area contributed by atoms with E-state index in [1.54, 1.807) is 39.2 Å². The standard InChI is InChI=1S/C22H27FN4O4S/c1-14-18(22(30)31-4)20(32-19(14)21(29)25(2)3)24-17(28)13-26-9-11-27(12-10-26)16-8-6-5-7-15(16)23/h5-8H,9-13H2,1-4H3,(H,24,28). The van der Waals surface area contributed by atoms with E-state index < -0.39 is 5.97 Å². The lowest BCUT2D eigenvalue weighted by molar-refractivity contribution is -0.117. The molecule has 0 aliphatic carbocycles. The van der Waals surface area contributed by atoms with E-state index in [1.807, 2.05) is 9.80 Å². The zero-order valence-corrected chi connectivity index (χ0v) is 19.4. The van der Waals surface area contributed by atoms with Crippen molar-refractivity contribution in [1.82, 2.24) is 9.80 Å². The summed E-state index contributed by atoms with van der Waals surface area (Å²) in [6, 6.07) is 6.64. The van der Waals surface area contributed by atoms with Crippen LogP contribution < -0.4 is 10.2 Å². The van der Waals surface area contributed by atoms with Gasteiger partial charge in [-0.15, -0.1) is 11.3 Å². The van der Waals surface area contributed by atoms with Crippen LogP contribution in [-0.4, -0.2) is 81.5 Å². The highest BCUT2D eigenvalue weighted by atomic mass is 32.1. The van der Waals surface area contributed by atoms with Gasteiger partial charge in [-0.3, -0.25) is 14.5 Å². The lowest BCUT2D eigenvalue weighted by Gasteiger charge is -2.35. The van der Waals surface area contributed by atoms with Gasteiger partial charge in [0.15, 0.2) is 0 Å². The molecule has 2 aromatic rings. The van der Waals surface area contributed by atoms with Crippen LogP contribution in [0.25, 0.3) is 0 Å². The third-order valence-corrected chi connectivity index (χ3v) is 6.52. The largest absolute Gasteiger partial charge is 0.465 e. The van der Waals surface area contributed by atoms with E-state index in [2.05, 4.69) is 5.32 Å². The van der Waals surface area contributed by atoms with Crippen LogP contribution >= 0.6 is 11.3 Å². The molecular formula is C22H27FN4O4S. The van der Waals surface area contributed by atoms with Crippen molar-refractivity contribution in [3.05, 3.63) is 46.1 Å². The van der Waals surface area contributed by atoms with Crippen molar-refractivity contribution in [2.45, 2.75) is 6.92 Å². The molecule has 1 aliphatic heterocycles. The number of piperazine rings is 1. The molecule has 2 heterocycles. The zero-order chi connectivity index (χ0) is 23.4. The molecule has 1 aliphatic rings. The summed E-state index contributed by atoms with van der Waals surface area (Å²) in [6.07, 6.45) is 0. The summed E-state index contributed by atoms with van der Waals surface area (Å²) in [7, 11) is 4.50. The van der Waals surface area contributed by atoms with Gasteiger partial charge in [0, 0.05) is 40.3 Å². The average Bonchev–Trinajstić information content (AvgIpc) is 3.09. The number of nitrogens with one attached hydrogen (secondary N) is 1. The molecule has 0 unspecified atom stereocenters. The Hall–Kier alpha value is -2.98. The number of nitrogens with zero attached hydrogens (tertiary/aromatic N) is 3. The van der Waals surface area contributed by atoms with E-state index in [9.17, 15) is 18.8 Å². The fourth-order valence-corrected chi connectivity index (χ4v) is 4.81. The molecule has 8 nitrogen and oxygen atoms in total. The first kappa shape index (κ1) is 23.7. The fourth-order valence-electron chi connectivity index (χ4n) is 3.58. The molecule has 0 saturated carbocycles. The predicted octanol–water partition coefficient (Wildman–Crippen LogP) is 2.44. The van der Waals surface area contributed by atoms with Crippen molar-refractivity contribution >= 4 is 39.8 Å². The number of thiophene rings is 1. The van der Waals surface area contributed by atoms with E-state index in [-0.39, 0.29) is 29.7 Å². The Morgan fingerprint density at radius 3 is 2.41 bits per heavy atom. The third kappa shape index (κ3) is 5.08. The summed E-state index contributed by atoms with van der Waals surface area (Å²) < 4.78 is 18.9. The highest BCUT2D eigenvalue weighted by molar-refractivity contribution is 7.18. The van der Waals surface area contributed by atoms with Crippen molar-refractivity contribution in [3.8, 4) is 0 Å². The third-order valence-electron chi connectivity index (χ3n) is 5.32. The van der Waals surface area contributed by atoms with E-state index >= 15 is 0 Å². The number of para-hydroxylation sites is 1. The van der Waals surface area contributed by atoms with Crippen molar-refractivity contribution in [2.24, 2.45) is 0 Å². The molecule has 32 heavy (non-hydrogen) atoms. The maximum absolute atomic E-state index is 14.0. The number of halogens is 1. The maximum Gasteiger partial charge on any atom is 0.341 e. The molecule has 2 amide bonds. The molecule has 1 fully saturated rings. The predicted molar refractivity (Wildman–Crippen MR) is 122 cm³/mol. The summed E-state index contributed by atoms with van der Waals surface area (Å²) in [5.41, 5.74) is 1.24. The Bertz CT molecular complexity index is 1020. The Morgan fingerprint density at radius 2 is 1.81 bits per heavy atom. The summed E-state index contributed by atoms with van der Waals surface area (Å²) in [4.78, 5) is 43.2. The average molecular weight is 463 g/mol. The first-order valence-corrected chi connectivity index (χ1v) is 11.0. The van der Waals surface area contributed by atoms with E-state index in [0.29, 0.717) is 47.3 Å². The second kappa shape index (κ2) is 10.1. The Morgan fingerprint density at radius 1 is 1.16 bits per heavy atom. The number of methoxy groups -OCH3 is 1. The normalized spacial score (nSPS) is 14.2. The van der Waals surface area contributed by atoms with Crippen LogP contribution in [0.1, 0.15) is 25.6 Å². The number of hydrogen-bond acceptors (Lipinski definition) is 7. The van der Waals surface area contributed by atoms with Crippen LogP contribution in [0.15, 0.2) is 24.3 Å². The van der Waals surface area contributed by atoms with Crippen molar-refractivity contribution in [1.29, 1.82) is 0 Å². The number of anilines is 2. The molecule has 10 heteroatoms. The summed E-state index contributed by atoms with van der Waals surface area (Å²) in [6.45, 7) is 4.18. The molecule has 0 atom stereocenters. The topological polar surface area (TPSA) is 82.2 Å². The first-order valence-electron chi connectivity index (χ1n) is 10.2. The van der Waals surface area contributed by atoms with Gasteiger partial charge in [0.05, 0.1) is 29.8 Å². The minimum atomic E-state index is -0.606. The van der Waals surface area contributed by atoms with Crippen molar-refractivity contribution in [2.75, 3.05) is 64.1 Å². The summed E-state index contributed by atoms with van der Waals surface area (Å²) >= 11 is 1.06. The molecule has 1 aromatic carbocycles. The number of esters is 1. The first-order chi connectivity index (χ1) is 15.2. The van der Waals surface area contributed by atoms with E-state index in [0.717, 1.165) is 11.3 Å². The van der Waals surface area contributed by atoms with Crippen molar-refractivity contribution in [3.63, 3.8) is 0 Å². The van der Waals surface area contributed by atoms with Gasteiger partial charge in [-0.25, -0.2) is 9.18 Å². The monoisotopic (exact) mass is 462 g/mol. The molecular weight excluding hydrogens is 435 g/mol. The number of carbonyl (C=O) groups is 3. The van der Waals surface area contributed by atoms with E-state index in [1.165, 1.54) is 18.1 Å². The van der Waals surface area contributed by atoms with Gasteiger partial charge in [0.25, 0.3) is 5.91 Å². The summed E-state index contributed by atoms with van der Waals surface area (Å²) in [5, 5.41) is 3.07. The van der Waals surface area contributed by atoms with Gasteiger partial charge < -0.3 is 19.9 Å². The second-order valence-corrected chi connectivity index (χ2v) is 8.73. The maximum atomic E-state index is 14.0. The minimum Gasteiger partial charge on any atom is -0.465 e. The lowest BCUT2D eigenvalue weighted by atomic mass is 10.1.